The Kier molecular flexibility index (Phi) is 8.85. The van der Waals surface area contributed by atoms with Crippen molar-refractivity contribution in [3.63, 3.8) is 0 Å². The number of fused-ring (bicyclic) bond motifs is 10. The SMILES string of the molecule is Cc1cccc(C)c1-c1ccc2c(c1)c1ccc3ccccc3c1n2-c1c(C#N)c(C#N)c(-n2c3ccc(-c4c(C)cccc4C)cc3c3ccc4ccccc4c32)c2c1C1c3ccccc3C2c2ccccc21. The van der Waals surface area contributed by atoms with E-state index in [2.05, 4.69) is 243 Å². The van der Waals surface area contributed by atoms with Gasteiger partial charge in [-0.3, -0.25) is 0 Å². The van der Waals surface area contributed by atoms with Crippen LogP contribution in [0.3, 0.4) is 0 Å². The summed E-state index contributed by atoms with van der Waals surface area (Å²) in [6, 6.07) is 76.3. The van der Waals surface area contributed by atoms with Gasteiger partial charge in [0.25, 0.3) is 0 Å². The summed E-state index contributed by atoms with van der Waals surface area (Å²) in [6.07, 6.45) is 0. The molecule has 4 heteroatoms. The Morgan fingerprint density at radius 1 is 0.351 bits per heavy atom. The molecule has 16 rings (SSSR count). The second-order valence-electron chi connectivity index (χ2n) is 20.7. The fourth-order valence-corrected chi connectivity index (χ4v) is 13.9. The third-order valence-electron chi connectivity index (χ3n) is 16.9. The summed E-state index contributed by atoms with van der Waals surface area (Å²) in [5.74, 6) is -0.486. The largest absolute Gasteiger partial charge is 0.307 e. The van der Waals surface area contributed by atoms with E-state index in [1.54, 1.807) is 0 Å². The number of rotatable bonds is 4. The van der Waals surface area contributed by atoms with Gasteiger partial charge in [0.1, 0.15) is 12.1 Å². The molecular weight excluding hydrogens is 897 g/mol. The quantitative estimate of drug-likeness (QED) is 0.176. The summed E-state index contributed by atoms with van der Waals surface area (Å²) >= 11 is 0. The Bertz CT molecular complexity index is 4370. The summed E-state index contributed by atoms with van der Waals surface area (Å²) in [7, 11) is 0. The molecule has 0 N–H and O–H groups in total. The minimum atomic E-state index is -0.243. The van der Waals surface area contributed by atoms with E-state index in [9.17, 15) is 10.5 Å². The first-order chi connectivity index (χ1) is 36.3. The fourth-order valence-electron chi connectivity index (χ4n) is 13.9. The van der Waals surface area contributed by atoms with Crippen molar-refractivity contribution in [3.8, 4) is 45.8 Å². The molecule has 0 saturated heterocycles. The Morgan fingerprint density at radius 3 is 1.09 bits per heavy atom. The normalized spacial score (nSPS) is 14.5. The maximum Gasteiger partial charge on any atom is 0.103 e. The van der Waals surface area contributed by atoms with Gasteiger partial charge in [-0.15, -0.1) is 0 Å². The lowest BCUT2D eigenvalue weighted by molar-refractivity contribution is 0.742. The standard InChI is InChI=1S/C70H46N4/c1-39-15-13-16-40(2)61(39)45-29-33-59-55(35-45)53-31-27-43-19-5-7-21-47(43)67(53)73(59)69-57(37-71)58(38-72)70(66-64-51-25-11-9-23-49(51)63(65(66)69)50-24-10-12-26-52(50)64)74-60-34-30-46(62-41(3)17-14-18-42(62)4)36-56(60)54-32-28-44-20-6-8-22-48(44)68(54)74/h5-36,63-64H,1-4H3. The second kappa shape index (κ2) is 15.5. The molecule has 4 nitrogen and oxygen atoms in total. The average Bonchev–Trinajstić information content (AvgIpc) is 3.97. The first kappa shape index (κ1) is 42.2. The monoisotopic (exact) mass is 942 g/mol. The zero-order valence-corrected chi connectivity index (χ0v) is 41.4. The molecule has 0 saturated carbocycles. The Labute approximate surface area is 428 Å². The molecule has 0 unspecified atom stereocenters. The van der Waals surface area contributed by atoms with Gasteiger partial charge >= 0.3 is 0 Å². The lowest BCUT2D eigenvalue weighted by atomic mass is 9.59. The van der Waals surface area contributed by atoms with Crippen LogP contribution in [0.15, 0.2) is 194 Å². The molecule has 0 amide bonds. The van der Waals surface area contributed by atoms with Crippen LogP contribution in [0.25, 0.3) is 98.8 Å². The highest BCUT2D eigenvalue weighted by molar-refractivity contribution is 6.21. The van der Waals surface area contributed by atoms with Gasteiger partial charge in [0.15, 0.2) is 0 Å². The van der Waals surface area contributed by atoms with Crippen molar-refractivity contribution in [2.75, 3.05) is 0 Å². The van der Waals surface area contributed by atoms with Crippen molar-refractivity contribution >= 4 is 65.2 Å². The van der Waals surface area contributed by atoms with Crippen LogP contribution in [0.1, 0.15) is 78.6 Å². The van der Waals surface area contributed by atoms with E-state index in [0.717, 1.165) is 98.8 Å². The first-order valence-electron chi connectivity index (χ1n) is 25.6. The van der Waals surface area contributed by atoms with E-state index in [1.807, 2.05) is 0 Å². The van der Waals surface area contributed by atoms with Crippen LogP contribution in [0.5, 0.6) is 0 Å². The molecule has 2 heterocycles. The lowest BCUT2D eigenvalue weighted by Gasteiger charge is -2.44. The molecule has 13 aromatic rings. The highest BCUT2D eigenvalue weighted by Gasteiger charge is 2.47. The molecule has 2 aromatic heterocycles. The van der Waals surface area contributed by atoms with Gasteiger partial charge < -0.3 is 9.13 Å². The summed E-state index contributed by atoms with van der Waals surface area (Å²) < 4.78 is 4.76. The predicted molar refractivity (Wildman–Crippen MR) is 304 cm³/mol. The zero-order valence-electron chi connectivity index (χ0n) is 41.4. The molecular formula is C70H46N4. The summed E-state index contributed by atoms with van der Waals surface area (Å²) in [6.45, 7) is 8.76. The number of nitriles is 2. The minimum Gasteiger partial charge on any atom is -0.307 e. The van der Waals surface area contributed by atoms with Crippen LogP contribution < -0.4 is 0 Å². The van der Waals surface area contributed by atoms with Gasteiger partial charge in [-0.05, 0) is 141 Å². The maximum absolute atomic E-state index is 12.2. The molecule has 0 spiro atoms. The van der Waals surface area contributed by atoms with Crippen molar-refractivity contribution in [1.82, 2.24) is 9.13 Å². The molecule has 0 aliphatic heterocycles. The molecule has 3 aliphatic carbocycles. The number of benzene rings is 11. The van der Waals surface area contributed by atoms with E-state index in [0.29, 0.717) is 11.1 Å². The predicted octanol–water partition coefficient (Wildman–Crippen LogP) is 17.5. The van der Waals surface area contributed by atoms with Gasteiger partial charge in [0.2, 0.25) is 0 Å². The molecule has 0 atom stereocenters. The molecule has 3 aliphatic rings. The van der Waals surface area contributed by atoms with Gasteiger partial charge in [-0.1, -0.05) is 170 Å². The number of hydrogen-bond donors (Lipinski definition) is 0. The fraction of sp³-hybridized carbons (Fsp3) is 0.0857. The van der Waals surface area contributed by atoms with E-state index in [4.69, 9.17) is 0 Å². The number of hydrogen-bond acceptors (Lipinski definition) is 2. The van der Waals surface area contributed by atoms with Crippen LogP contribution in [0, 0.1) is 50.4 Å². The van der Waals surface area contributed by atoms with E-state index in [1.165, 1.54) is 55.6 Å². The smallest absolute Gasteiger partial charge is 0.103 e. The molecule has 0 radical (unpaired) electrons. The third kappa shape index (κ3) is 5.55. The number of nitrogens with zero attached hydrogens (tertiary/aromatic N) is 4. The zero-order chi connectivity index (χ0) is 49.7. The third-order valence-corrected chi connectivity index (χ3v) is 16.9. The molecule has 11 aromatic carbocycles. The molecule has 346 valence electrons. The van der Waals surface area contributed by atoms with Gasteiger partial charge in [-0.25, -0.2) is 0 Å². The van der Waals surface area contributed by atoms with Crippen LogP contribution in [-0.2, 0) is 0 Å². The average molecular weight is 943 g/mol. The van der Waals surface area contributed by atoms with Crippen molar-refractivity contribution in [1.29, 1.82) is 10.5 Å². The molecule has 2 bridgehead atoms. The van der Waals surface area contributed by atoms with Gasteiger partial charge in [-0.2, -0.15) is 10.5 Å². The Hall–Kier alpha value is -9.48. The lowest BCUT2D eigenvalue weighted by Crippen LogP contribution is -2.31. The van der Waals surface area contributed by atoms with E-state index >= 15 is 0 Å². The second-order valence-corrected chi connectivity index (χ2v) is 20.7. The van der Waals surface area contributed by atoms with Crippen molar-refractivity contribution in [2.45, 2.75) is 39.5 Å². The van der Waals surface area contributed by atoms with Crippen molar-refractivity contribution in [2.24, 2.45) is 0 Å². The van der Waals surface area contributed by atoms with Gasteiger partial charge in [0.05, 0.1) is 44.6 Å². The van der Waals surface area contributed by atoms with Crippen LogP contribution >= 0.6 is 0 Å². The molecule has 74 heavy (non-hydrogen) atoms. The highest BCUT2D eigenvalue weighted by atomic mass is 15.0. The number of aromatic nitrogens is 2. The summed E-state index contributed by atoms with van der Waals surface area (Å²) in [4.78, 5) is 0. The topological polar surface area (TPSA) is 57.4 Å². The maximum atomic E-state index is 12.2. The van der Waals surface area contributed by atoms with Crippen LogP contribution in [-0.4, -0.2) is 9.13 Å². The van der Waals surface area contributed by atoms with Crippen molar-refractivity contribution < 1.29 is 0 Å². The molecule has 0 fully saturated rings. The summed E-state index contributed by atoms with van der Waals surface area (Å²) in [5, 5.41) is 33.2. The van der Waals surface area contributed by atoms with Crippen LogP contribution in [0.2, 0.25) is 0 Å². The highest BCUT2D eigenvalue weighted by Crippen LogP contribution is 2.61. The first-order valence-corrected chi connectivity index (χ1v) is 25.6. The van der Waals surface area contributed by atoms with Crippen LogP contribution in [0.4, 0.5) is 0 Å². The number of aryl methyl sites for hydroxylation is 4. The Morgan fingerprint density at radius 2 is 0.716 bits per heavy atom. The minimum absolute atomic E-state index is 0.243. The van der Waals surface area contributed by atoms with Gasteiger partial charge in [0, 0.05) is 44.2 Å². The van der Waals surface area contributed by atoms with E-state index in [-0.39, 0.29) is 11.8 Å². The van der Waals surface area contributed by atoms with Crippen molar-refractivity contribution in [3.05, 3.63) is 261 Å². The Balaban J connectivity index is 1.16. The van der Waals surface area contributed by atoms with E-state index < -0.39 is 0 Å². The summed E-state index contributed by atoms with van der Waals surface area (Å²) in [5.41, 5.74) is 23.1.